The Balaban J connectivity index is 2.23. The van der Waals surface area contributed by atoms with E-state index >= 15 is 0 Å². The maximum absolute atomic E-state index is 5.96. The summed E-state index contributed by atoms with van der Waals surface area (Å²) in [6.07, 6.45) is 3.11. The molecule has 0 radical (unpaired) electrons. The summed E-state index contributed by atoms with van der Waals surface area (Å²) >= 11 is 0. The number of nitrogens with zero attached hydrogens (tertiary/aromatic N) is 2. The normalized spacial score (nSPS) is 16.7. The second-order valence-corrected chi connectivity index (χ2v) is 5.08. The van der Waals surface area contributed by atoms with Crippen LogP contribution in [0, 0.1) is 0 Å². The van der Waals surface area contributed by atoms with E-state index < -0.39 is 0 Å². The SMILES string of the molecule is CC(C)(N)Cc1cc(N)nc(C2CC2)n1. The van der Waals surface area contributed by atoms with Gasteiger partial charge in [-0.05, 0) is 26.7 Å². The van der Waals surface area contributed by atoms with Gasteiger partial charge in [-0.1, -0.05) is 0 Å². The largest absolute Gasteiger partial charge is 0.384 e. The van der Waals surface area contributed by atoms with Crippen LogP contribution in [0.25, 0.3) is 0 Å². The van der Waals surface area contributed by atoms with Crippen LogP contribution >= 0.6 is 0 Å². The molecule has 1 aliphatic carbocycles. The first-order valence-corrected chi connectivity index (χ1v) is 5.36. The van der Waals surface area contributed by atoms with Gasteiger partial charge in [-0.2, -0.15) is 0 Å². The molecule has 1 aliphatic rings. The number of nitrogen functional groups attached to an aromatic ring is 1. The molecule has 82 valence electrons. The number of nitrogens with two attached hydrogens (primary N) is 2. The van der Waals surface area contributed by atoms with Crippen molar-refractivity contribution in [2.45, 2.75) is 44.6 Å². The van der Waals surface area contributed by atoms with Crippen molar-refractivity contribution < 1.29 is 0 Å². The average Bonchev–Trinajstić information content (AvgIpc) is 2.80. The maximum Gasteiger partial charge on any atom is 0.134 e. The van der Waals surface area contributed by atoms with Crippen molar-refractivity contribution in [3.63, 3.8) is 0 Å². The minimum absolute atomic E-state index is 0.248. The Hall–Kier alpha value is -1.16. The minimum Gasteiger partial charge on any atom is -0.384 e. The van der Waals surface area contributed by atoms with Crippen LogP contribution in [-0.2, 0) is 6.42 Å². The number of aromatic nitrogens is 2. The van der Waals surface area contributed by atoms with Crippen LogP contribution in [0.5, 0.6) is 0 Å². The van der Waals surface area contributed by atoms with E-state index in [1.807, 2.05) is 19.9 Å². The topological polar surface area (TPSA) is 77.8 Å². The fraction of sp³-hybridized carbons (Fsp3) is 0.636. The van der Waals surface area contributed by atoms with Crippen LogP contribution in [0.1, 0.15) is 44.1 Å². The molecule has 2 rings (SSSR count). The molecule has 0 aliphatic heterocycles. The van der Waals surface area contributed by atoms with Gasteiger partial charge in [0.25, 0.3) is 0 Å². The van der Waals surface area contributed by atoms with Crippen LogP contribution in [0.2, 0.25) is 0 Å². The van der Waals surface area contributed by atoms with E-state index in [1.165, 1.54) is 12.8 Å². The summed E-state index contributed by atoms with van der Waals surface area (Å²) in [7, 11) is 0. The van der Waals surface area contributed by atoms with E-state index in [1.54, 1.807) is 0 Å². The van der Waals surface area contributed by atoms with Gasteiger partial charge in [0.15, 0.2) is 0 Å². The molecule has 0 atom stereocenters. The zero-order valence-electron chi connectivity index (χ0n) is 9.33. The zero-order chi connectivity index (χ0) is 11.1. The van der Waals surface area contributed by atoms with Gasteiger partial charge in [0.1, 0.15) is 11.6 Å². The van der Waals surface area contributed by atoms with Crippen LogP contribution in [0.3, 0.4) is 0 Å². The van der Waals surface area contributed by atoms with Crippen molar-refractivity contribution in [1.82, 2.24) is 9.97 Å². The van der Waals surface area contributed by atoms with E-state index in [2.05, 4.69) is 9.97 Å². The van der Waals surface area contributed by atoms with E-state index in [0.29, 0.717) is 11.7 Å². The highest BCUT2D eigenvalue weighted by atomic mass is 15.0. The Morgan fingerprint density at radius 3 is 2.60 bits per heavy atom. The van der Waals surface area contributed by atoms with Crippen LogP contribution in [-0.4, -0.2) is 15.5 Å². The Morgan fingerprint density at radius 2 is 2.07 bits per heavy atom. The van der Waals surface area contributed by atoms with Crippen molar-refractivity contribution in [2.75, 3.05) is 5.73 Å². The zero-order valence-corrected chi connectivity index (χ0v) is 9.33. The maximum atomic E-state index is 5.96. The monoisotopic (exact) mass is 206 g/mol. The lowest BCUT2D eigenvalue weighted by Gasteiger charge is -2.18. The molecule has 4 N–H and O–H groups in total. The predicted octanol–water partition coefficient (Wildman–Crippen LogP) is 1.22. The van der Waals surface area contributed by atoms with Gasteiger partial charge in [-0.3, -0.25) is 0 Å². The van der Waals surface area contributed by atoms with E-state index in [9.17, 15) is 0 Å². The molecular weight excluding hydrogens is 188 g/mol. The van der Waals surface area contributed by atoms with Crippen LogP contribution in [0.15, 0.2) is 6.07 Å². The van der Waals surface area contributed by atoms with Crippen molar-refractivity contribution in [1.29, 1.82) is 0 Å². The van der Waals surface area contributed by atoms with E-state index in [4.69, 9.17) is 11.5 Å². The molecule has 1 aromatic heterocycles. The van der Waals surface area contributed by atoms with Gasteiger partial charge in [0, 0.05) is 29.6 Å². The third-order valence-electron chi connectivity index (χ3n) is 2.40. The molecule has 0 bridgehead atoms. The standard InChI is InChI=1S/C11H18N4/c1-11(2,13)6-8-5-9(12)15-10(14-8)7-3-4-7/h5,7H,3-4,6,13H2,1-2H3,(H2,12,14,15). The Labute approximate surface area is 90.1 Å². The first kappa shape index (κ1) is 10.4. The Bertz CT molecular complexity index is 363. The lowest BCUT2D eigenvalue weighted by Crippen LogP contribution is -2.34. The molecule has 15 heavy (non-hydrogen) atoms. The molecule has 0 unspecified atom stereocenters. The molecule has 1 fully saturated rings. The molecule has 0 aromatic carbocycles. The van der Waals surface area contributed by atoms with Crippen molar-refractivity contribution in [3.8, 4) is 0 Å². The lowest BCUT2D eigenvalue weighted by molar-refractivity contribution is 0.508. The minimum atomic E-state index is -0.248. The van der Waals surface area contributed by atoms with Gasteiger partial charge < -0.3 is 11.5 Å². The number of hydrogen-bond donors (Lipinski definition) is 2. The first-order valence-electron chi connectivity index (χ1n) is 5.36. The summed E-state index contributed by atoms with van der Waals surface area (Å²) in [5, 5.41) is 0. The predicted molar refractivity (Wildman–Crippen MR) is 60.4 cm³/mol. The highest BCUT2D eigenvalue weighted by molar-refractivity contribution is 5.32. The van der Waals surface area contributed by atoms with Crippen LogP contribution < -0.4 is 11.5 Å². The highest BCUT2D eigenvalue weighted by Gasteiger charge is 2.27. The molecule has 4 nitrogen and oxygen atoms in total. The summed E-state index contributed by atoms with van der Waals surface area (Å²) < 4.78 is 0. The van der Waals surface area contributed by atoms with Gasteiger partial charge in [-0.15, -0.1) is 0 Å². The summed E-state index contributed by atoms with van der Waals surface area (Å²) in [4.78, 5) is 8.76. The number of rotatable bonds is 3. The van der Waals surface area contributed by atoms with Crippen molar-refractivity contribution in [3.05, 3.63) is 17.6 Å². The molecule has 4 heteroatoms. The summed E-state index contributed by atoms with van der Waals surface area (Å²) in [5.74, 6) is 1.99. The second kappa shape index (κ2) is 3.45. The molecule has 0 saturated heterocycles. The van der Waals surface area contributed by atoms with Crippen LogP contribution in [0.4, 0.5) is 5.82 Å². The van der Waals surface area contributed by atoms with Crippen molar-refractivity contribution >= 4 is 5.82 Å². The van der Waals surface area contributed by atoms with Crippen molar-refractivity contribution in [2.24, 2.45) is 5.73 Å². The fourth-order valence-electron chi connectivity index (χ4n) is 1.62. The molecule has 1 saturated carbocycles. The van der Waals surface area contributed by atoms with Gasteiger partial charge in [0.2, 0.25) is 0 Å². The lowest BCUT2D eigenvalue weighted by atomic mass is 10.00. The van der Waals surface area contributed by atoms with E-state index in [-0.39, 0.29) is 5.54 Å². The number of hydrogen-bond acceptors (Lipinski definition) is 4. The Morgan fingerprint density at radius 1 is 1.40 bits per heavy atom. The smallest absolute Gasteiger partial charge is 0.134 e. The van der Waals surface area contributed by atoms with Gasteiger partial charge in [0.05, 0.1) is 0 Å². The third kappa shape index (κ3) is 2.89. The third-order valence-corrected chi connectivity index (χ3v) is 2.40. The molecule has 0 amide bonds. The average molecular weight is 206 g/mol. The summed E-state index contributed by atoms with van der Waals surface area (Å²) in [5.41, 5.74) is 12.4. The molecule has 1 aromatic rings. The second-order valence-electron chi connectivity index (χ2n) is 5.08. The quantitative estimate of drug-likeness (QED) is 0.779. The molecular formula is C11H18N4. The first-order chi connectivity index (χ1) is 6.94. The summed E-state index contributed by atoms with van der Waals surface area (Å²) in [6, 6.07) is 1.82. The molecule has 1 heterocycles. The Kier molecular flexibility index (Phi) is 2.38. The van der Waals surface area contributed by atoms with E-state index in [0.717, 1.165) is 17.9 Å². The summed E-state index contributed by atoms with van der Waals surface area (Å²) in [6.45, 7) is 3.98. The highest BCUT2D eigenvalue weighted by Crippen LogP contribution is 2.38. The van der Waals surface area contributed by atoms with Gasteiger partial charge >= 0.3 is 0 Å². The van der Waals surface area contributed by atoms with Gasteiger partial charge in [-0.25, -0.2) is 9.97 Å². The number of anilines is 1. The molecule has 0 spiro atoms. The fourth-order valence-corrected chi connectivity index (χ4v) is 1.62.